The van der Waals surface area contributed by atoms with Crippen molar-refractivity contribution in [1.29, 1.82) is 0 Å². The van der Waals surface area contributed by atoms with Crippen molar-refractivity contribution in [3.8, 4) is 11.5 Å². The number of aromatic nitrogens is 4. The highest BCUT2D eigenvalue weighted by Crippen LogP contribution is 2.34. The monoisotopic (exact) mass is 426 g/mol. The lowest BCUT2D eigenvalue weighted by Crippen LogP contribution is -1.99. The summed E-state index contributed by atoms with van der Waals surface area (Å²) >= 11 is 3.27. The van der Waals surface area contributed by atoms with E-state index in [9.17, 15) is 5.11 Å². The zero-order chi connectivity index (χ0) is 19.0. The third-order valence-corrected chi connectivity index (χ3v) is 4.62. The van der Waals surface area contributed by atoms with Gasteiger partial charge in [0.25, 0.3) is 5.95 Å². The van der Waals surface area contributed by atoms with Crippen LogP contribution in [0.4, 0.5) is 5.95 Å². The summed E-state index contributed by atoms with van der Waals surface area (Å²) in [6, 6.07) is 9.44. The van der Waals surface area contributed by atoms with Gasteiger partial charge < -0.3 is 14.8 Å². The molecule has 0 bridgehead atoms. The van der Waals surface area contributed by atoms with E-state index in [2.05, 4.69) is 46.6 Å². The van der Waals surface area contributed by atoms with E-state index in [-0.39, 0.29) is 11.7 Å². The van der Waals surface area contributed by atoms with Crippen LogP contribution in [0.2, 0.25) is 0 Å². The number of halogens is 1. The maximum atomic E-state index is 9.84. The molecule has 0 atom stereocenters. The van der Waals surface area contributed by atoms with Gasteiger partial charge in [0.1, 0.15) is 5.52 Å². The zero-order valence-electron chi connectivity index (χ0n) is 14.5. The largest absolute Gasteiger partial charge is 0.503 e. The second kappa shape index (κ2) is 6.84. The number of anilines is 1. The second-order valence-corrected chi connectivity index (χ2v) is 6.78. The van der Waals surface area contributed by atoms with Crippen molar-refractivity contribution in [3.63, 3.8) is 0 Å². The van der Waals surface area contributed by atoms with Crippen LogP contribution in [-0.2, 0) is 0 Å². The van der Waals surface area contributed by atoms with Crippen molar-refractivity contribution < 1.29 is 9.84 Å². The van der Waals surface area contributed by atoms with Crippen LogP contribution in [-0.4, -0.2) is 38.6 Å². The number of aryl methyl sites for hydroxylation is 1. The highest BCUT2D eigenvalue weighted by molar-refractivity contribution is 9.10. The molecule has 2 aromatic heterocycles. The summed E-state index contributed by atoms with van der Waals surface area (Å²) < 4.78 is 5.63. The lowest BCUT2D eigenvalue weighted by molar-refractivity contribution is 0.372. The summed E-state index contributed by atoms with van der Waals surface area (Å²) in [7, 11) is 1.48. The summed E-state index contributed by atoms with van der Waals surface area (Å²) in [5.41, 5.74) is 6.94. The number of phenols is 1. The predicted octanol–water partition coefficient (Wildman–Crippen LogP) is 3.74. The highest BCUT2D eigenvalue weighted by Gasteiger charge is 2.09. The smallest absolute Gasteiger partial charge is 0.265 e. The summed E-state index contributed by atoms with van der Waals surface area (Å²) in [6.07, 6.45) is 1.56. The number of hydrogen-bond acceptors (Lipinski definition) is 7. The van der Waals surface area contributed by atoms with Gasteiger partial charge in [0.2, 0.25) is 0 Å². The fourth-order valence-electron chi connectivity index (χ4n) is 2.72. The molecule has 136 valence electrons. The topological polar surface area (TPSA) is 108 Å². The Hall–Kier alpha value is -3.20. The molecule has 4 rings (SSSR count). The summed E-state index contributed by atoms with van der Waals surface area (Å²) in [5.74, 6) is 0.653. The molecule has 0 saturated heterocycles. The predicted molar refractivity (Wildman–Crippen MR) is 108 cm³/mol. The van der Waals surface area contributed by atoms with Gasteiger partial charge in [0, 0.05) is 10.9 Å². The molecule has 0 amide bonds. The van der Waals surface area contributed by atoms with Gasteiger partial charge in [-0.15, -0.1) is 10.2 Å². The van der Waals surface area contributed by atoms with Gasteiger partial charge in [-0.25, -0.2) is 5.43 Å². The van der Waals surface area contributed by atoms with Gasteiger partial charge >= 0.3 is 0 Å². The number of benzene rings is 2. The molecule has 2 heterocycles. The summed E-state index contributed by atoms with van der Waals surface area (Å²) in [6.45, 7) is 2.03. The quantitative estimate of drug-likeness (QED) is 0.338. The van der Waals surface area contributed by atoms with Gasteiger partial charge in [-0.3, -0.25) is 0 Å². The third kappa shape index (κ3) is 3.28. The second-order valence-electron chi connectivity index (χ2n) is 5.93. The Balaban J connectivity index is 1.59. The Morgan fingerprint density at radius 2 is 2.11 bits per heavy atom. The summed E-state index contributed by atoms with van der Waals surface area (Å²) in [5, 5.41) is 23.3. The van der Waals surface area contributed by atoms with Crippen LogP contribution in [0.5, 0.6) is 11.5 Å². The molecule has 2 aromatic carbocycles. The number of phenolic OH excluding ortho intramolecular Hbond substituents is 1. The number of hydrazone groups is 1. The number of ether oxygens (including phenoxy) is 1. The van der Waals surface area contributed by atoms with E-state index in [0.717, 1.165) is 27.5 Å². The maximum absolute atomic E-state index is 9.84. The van der Waals surface area contributed by atoms with Crippen molar-refractivity contribution in [2.45, 2.75) is 6.92 Å². The number of H-pyrrole nitrogens is 1. The van der Waals surface area contributed by atoms with Gasteiger partial charge in [0.05, 0.1) is 17.8 Å². The lowest BCUT2D eigenvalue weighted by Gasteiger charge is -2.06. The number of rotatable bonds is 4. The number of methoxy groups -OCH3 is 1. The molecule has 9 heteroatoms. The molecule has 8 nitrogen and oxygen atoms in total. The van der Waals surface area contributed by atoms with Crippen LogP contribution in [0.3, 0.4) is 0 Å². The number of aromatic hydroxyl groups is 1. The zero-order valence-corrected chi connectivity index (χ0v) is 16.1. The number of nitrogens with zero attached hydrogens (tertiary/aromatic N) is 4. The van der Waals surface area contributed by atoms with Crippen molar-refractivity contribution in [3.05, 3.63) is 45.9 Å². The molecule has 0 aliphatic heterocycles. The number of hydrogen-bond donors (Lipinski definition) is 3. The van der Waals surface area contributed by atoms with Gasteiger partial charge in [0.15, 0.2) is 17.1 Å². The van der Waals surface area contributed by atoms with Crippen molar-refractivity contribution in [1.82, 2.24) is 20.2 Å². The van der Waals surface area contributed by atoms with Gasteiger partial charge in [-0.1, -0.05) is 11.6 Å². The van der Waals surface area contributed by atoms with Crippen molar-refractivity contribution in [2.24, 2.45) is 5.10 Å². The minimum atomic E-state index is 0.0367. The Kier molecular flexibility index (Phi) is 4.36. The standard InChI is InChI=1S/C18H15BrN6O2/c1-9-3-4-13-11(5-9)15-17(21-13)22-18(25-23-15)24-20-8-10-6-12(19)16(26)14(7-10)27-2/h3-8,26H,1-2H3,(H2,21,22,24,25)/b20-8-. The molecule has 0 unspecified atom stereocenters. The average molecular weight is 427 g/mol. The first-order valence-corrected chi connectivity index (χ1v) is 8.83. The van der Waals surface area contributed by atoms with Crippen LogP contribution in [0.1, 0.15) is 11.1 Å². The van der Waals surface area contributed by atoms with Crippen LogP contribution in [0.25, 0.3) is 22.1 Å². The number of fused-ring (bicyclic) bond motifs is 3. The fraction of sp³-hybridized carbons (Fsp3) is 0.111. The van der Waals surface area contributed by atoms with Gasteiger partial charge in [-0.05, 0) is 52.7 Å². The fourth-order valence-corrected chi connectivity index (χ4v) is 3.18. The molecule has 3 N–H and O–H groups in total. The Labute approximate surface area is 162 Å². The van der Waals surface area contributed by atoms with E-state index >= 15 is 0 Å². The Morgan fingerprint density at radius 1 is 1.26 bits per heavy atom. The summed E-state index contributed by atoms with van der Waals surface area (Å²) in [4.78, 5) is 7.64. The normalized spacial score (nSPS) is 11.5. The van der Waals surface area contributed by atoms with Gasteiger partial charge in [-0.2, -0.15) is 10.1 Å². The van der Waals surface area contributed by atoms with E-state index in [4.69, 9.17) is 4.74 Å². The molecule has 0 spiro atoms. The first-order chi connectivity index (χ1) is 13.0. The molecule has 0 aliphatic rings. The van der Waals surface area contributed by atoms with Crippen molar-refractivity contribution in [2.75, 3.05) is 12.5 Å². The average Bonchev–Trinajstić information content (AvgIpc) is 3.01. The van der Waals surface area contributed by atoms with Crippen LogP contribution in [0.15, 0.2) is 39.9 Å². The molecule has 0 radical (unpaired) electrons. The Morgan fingerprint density at radius 3 is 2.93 bits per heavy atom. The van der Waals surface area contributed by atoms with E-state index in [0.29, 0.717) is 15.9 Å². The molecule has 0 aliphatic carbocycles. The Bertz CT molecular complexity index is 1190. The molecule has 0 saturated carbocycles. The minimum Gasteiger partial charge on any atom is -0.503 e. The van der Waals surface area contributed by atoms with Crippen molar-refractivity contribution >= 4 is 50.2 Å². The minimum absolute atomic E-state index is 0.0367. The highest BCUT2D eigenvalue weighted by atomic mass is 79.9. The van der Waals surface area contributed by atoms with E-state index < -0.39 is 0 Å². The molecule has 4 aromatic rings. The SMILES string of the molecule is COc1cc(/C=N\Nc2nnc3c(n2)[nH]c2ccc(C)cc23)cc(Br)c1O. The van der Waals surface area contributed by atoms with Crippen LogP contribution < -0.4 is 10.2 Å². The maximum Gasteiger partial charge on any atom is 0.265 e. The van der Waals surface area contributed by atoms with Crippen LogP contribution in [0, 0.1) is 6.92 Å². The third-order valence-electron chi connectivity index (χ3n) is 4.02. The van der Waals surface area contributed by atoms with Crippen LogP contribution >= 0.6 is 15.9 Å². The number of nitrogens with one attached hydrogen (secondary N) is 2. The van der Waals surface area contributed by atoms with E-state index in [1.807, 2.05) is 25.1 Å². The van der Waals surface area contributed by atoms with E-state index in [1.165, 1.54) is 7.11 Å². The first kappa shape index (κ1) is 17.2. The lowest BCUT2D eigenvalue weighted by atomic mass is 10.2. The molecular formula is C18H15BrN6O2. The van der Waals surface area contributed by atoms with E-state index in [1.54, 1.807) is 18.3 Å². The number of aromatic amines is 1. The molecular weight excluding hydrogens is 412 g/mol. The molecule has 27 heavy (non-hydrogen) atoms. The molecule has 0 fully saturated rings. The first-order valence-electron chi connectivity index (χ1n) is 8.03.